The third-order valence-electron chi connectivity index (χ3n) is 2.74. The molecule has 2 unspecified atom stereocenters. The maximum Gasteiger partial charge on any atom is 0.269 e. The highest BCUT2D eigenvalue weighted by atomic mass is 16.6. The number of nitro benzene ring substituents is 1. The molecule has 2 N–H and O–H groups in total. The van der Waals surface area contributed by atoms with Crippen molar-refractivity contribution in [1.29, 1.82) is 0 Å². The summed E-state index contributed by atoms with van der Waals surface area (Å²) in [5.41, 5.74) is 1.40. The van der Waals surface area contributed by atoms with Crippen LogP contribution in [0.3, 0.4) is 0 Å². The van der Waals surface area contributed by atoms with Crippen molar-refractivity contribution < 1.29 is 15.1 Å². The summed E-state index contributed by atoms with van der Waals surface area (Å²) in [4.78, 5) is 10.0. The van der Waals surface area contributed by atoms with Gasteiger partial charge < -0.3 is 10.2 Å². The van der Waals surface area contributed by atoms with Gasteiger partial charge in [-0.2, -0.15) is 0 Å². The summed E-state index contributed by atoms with van der Waals surface area (Å²) in [6, 6.07) is 5.82. The van der Waals surface area contributed by atoms with Crippen LogP contribution in [0.2, 0.25) is 0 Å². The van der Waals surface area contributed by atoms with E-state index in [0.717, 1.165) is 5.57 Å². The van der Waals surface area contributed by atoms with Crippen molar-refractivity contribution in [3.05, 3.63) is 51.6 Å². The molecule has 1 aromatic rings. The molecule has 0 amide bonds. The zero-order valence-corrected chi connectivity index (χ0v) is 10.4. The first kappa shape index (κ1) is 14.3. The second-order valence-corrected chi connectivity index (χ2v) is 4.32. The van der Waals surface area contributed by atoms with E-state index in [-0.39, 0.29) is 18.2 Å². The van der Waals surface area contributed by atoms with E-state index in [0.29, 0.717) is 5.56 Å². The van der Waals surface area contributed by atoms with Crippen LogP contribution in [0.5, 0.6) is 0 Å². The van der Waals surface area contributed by atoms with Crippen molar-refractivity contribution in [2.75, 3.05) is 6.61 Å². The average molecular weight is 251 g/mol. The van der Waals surface area contributed by atoms with Crippen molar-refractivity contribution in [3.63, 3.8) is 0 Å². The van der Waals surface area contributed by atoms with Crippen molar-refractivity contribution in [2.24, 2.45) is 5.92 Å². The third-order valence-corrected chi connectivity index (χ3v) is 2.74. The van der Waals surface area contributed by atoms with Gasteiger partial charge in [0.15, 0.2) is 0 Å². The maximum atomic E-state index is 10.5. The lowest BCUT2D eigenvalue weighted by Crippen LogP contribution is -2.08. The lowest BCUT2D eigenvalue weighted by molar-refractivity contribution is -0.384. The molecule has 98 valence electrons. The number of hydrogen-bond acceptors (Lipinski definition) is 4. The predicted octanol–water partition coefficient (Wildman–Crippen LogP) is 2.20. The van der Waals surface area contributed by atoms with Gasteiger partial charge in [-0.3, -0.25) is 10.1 Å². The van der Waals surface area contributed by atoms with E-state index >= 15 is 0 Å². The molecule has 0 spiro atoms. The molecule has 0 aliphatic rings. The molecule has 5 nitrogen and oxygen atoms in total. The van der Waals surface area contributed by atoms with Crippen LogP contribution in [0.25, 0.3) is 0 Å². The Morgan fingerprint density at radius 1 is 1.44 bits per heavy atom. The largest absolute Gasteiger partial charge is 0.392 e. The number of aliphatic hydroxyl groups is 2. The summed E-state index contributed by atoms with van der Waals surface area (Å²) in [6.07, 6.45) is 1.04. The summed E-state index contributed by atoms with van der Waals surface area (Å²) in [5, 5.41) is 29.5. The van der Waals surface area contributed by atoms with Gasteiger partial charge in [-0.1, -0.05) is 18.6 Å². The van der Waals surface area contributed by atoms with Crippen molar-refractivity contribution in [2.45, 2.75) is 20.0 Å². The van der Waals surface area contributed by atoms with Crippen LogP contribution < -0.4 is 0 Å². The summed E-state index contributed by atoms with van der Waals surface area (Å²) in [5.74, 6) is -0.168. The molecule has 0 aromatic heterocycles. The Labute approximate surface area is 106 Å². The molecule has 0 aliphatic carbocycles. The summed E-state index contributed by atoms with van der Waals surface area (Å²) in [6.45, 7) is 3.56. The molecule has 2 atom stereocenters. The number of non-ortho nitro benzene ring substituents is 1. The Bertz CT molecular complexity index is 439. The molecule has 1 aromatic carbocycles. The molecular weight excluding hydrogens is 234 g/mol. The van der Waals surface area contributed by atoms with Crippen molar-refractivity contribution in [3.8, 4) is 0 Å². The van der Waals surface area contributed by atoms with Crippen LogP contribution in [0.1, 0.15) is 25.5 Å². The fourth-order valence-corrected chi connectivity index (χ4v) is 1.69. The van der Waals surface area contributed by atoms with E-state index in [1.54, 1.807) is 25.1 Å². The maximum absolute atomic E-state index is 10.5. The molecule has 18 heavy (non-hydrogen) atoms. The van der Waals surface area contributed by atoms with Gasteiger partial charge in [0, 0.05) is 18.1 Å². The van der Waals surface area contributed by atoms with Crippen molar-refractivity contribution in [1.82, 2.24) is 0 Å². The third kappa shape index (κ3) is 3.65. The van der Waals surface area contributed by atoms with E-state index in [9.17, 15) is 15.2 Å². The fourth-order valence-electron chi connectivity index (χ4n) is 1.69. The fraction of sp³-hybridized carbons (Fsp3) is 0.385. The highest BCUT2D eigenvalue weighted by Crippen LogP contribution is 2.25. The summed E-state index contributed by atoms with van der Waals surface area (Å²) in [7, 11) is 0. The number of nitrogens with zero attached hydrogens (tertiary/aromatic N) is 1. The zero-order valence-electron chi connectivity index (χ0n) is 10.4. The molecule has 1 rings (SSSR count). The molecule has 0 saturated carbocycles. The summed E-state index contributed by atoms with van der Waals surface area (Å²) >= 11 is 0. The lowest BCUT2D eigenvalue weighted by Gasteiger charge is -2.16. The van der Waals surface area contributed by atoms with Gasteiger partial charge >= 0.3 is 0 Å². The molecular formula is C13H17NO4. The standard InChI is InChI=1S/C13H17NO4/c1-9(8-15)7-10(2)13(16)11-3-5-12(6-4-11)14(17)18/h3-7,10,13,15-16H,8H2,1-2H3. The number of benzene rings is 1. The van der Waals surface area contributed by atoms with Gasteiger partial charge in [0.2, 0.25) is 0 Å². The minimum absolute atomic E-state index is 0.000633. The van der Waals surface area contributed by atoms with Crippen LogP contribution >= 0.6 is 0 Å². The Balaban J connectivity index is 2.84. The lowest BCUT2D eigenvalue weighted by atomic mass is 9.95. The second-order valence-electron chi connectivity index (χ2n) is 4.32. The van der Waals surface area contributed by atoms with E-state index in [1.165, 1.54) is 12.1 Å². The molecule has 0 bridgehead atoms. The van der Waals surface area contributed by atoms with Crippen LogP contribution in [-0.2, 0) is 0 Å². The predicted molar refractivity (Wildman–Crippen MR) is 68.1 cm³/mol. The number of hydrogen-bond donors (Lipinski definition) is 2. The van der Waals surface area contributed by atoms with E-state index in [4.69, 9.17) is 5.11 Å². The normalized spacial score (nSPS) is 15.2. The van der Waals surface area contributed by atoms with Gasteiger partial charge in [0.25, 0.3) is 5.69 Å². The highest BCUT2D eigenvalue weighted by molar-refractivity contribution is 5.34. The highest BCUT2D eigenvalue weighted by Gasteiger charge is 2.15. The Hall–Kier alpha value is -1.72. The number of aliphatic hydroxyl groups excluding tert-OH is 2. The minimum Gasteiger partial charge on any atom is -0.392 e. The molecule has 0 saturated heterocycles. The van der Waals surface area contributed by atoms with Crippen LogP contribution in [0.15, 0.2) is 35.9 Å². The summed E-state index contributed by atoms with van der Waals surface area (Å²) < 4.78 is 0. The van der Waals surface area contributed by atoms with Gasteiger partial charge in [-0.25, -0.2) is 0 Å². The molecule has 0 radical (unpaired) electrons. The van der Waals surface area contributed by atoms with Crippen LogP contribution in [0, 0.1) is 16.0 Å². The molecule has 0 fully saturated rings. The van der Waals surface area contributed by atoms with Gasteiger partial charge in [-0.05, 0) is 24.6 Å². The van der Waals surface area contributed by atoms with E-state index in [2.05, 4.69) is 0 Å². The van der Waals surface area contributed by atoms with E-state index < -0.39 is 11.0 Å². The van der Waals surface area contributed by atoms with E-state index in [1.807, 2.05) is 6.92 Å². The SMILES string of the molecule is CC(=CC(C)C(O)c1ccc([N+](=O)[O-])cc1)CO. The second kappa shape index (κ2) is 6.28. The van der Waals surface area contributed by atoms with Crippen molar-refractivity contribution >= 4 is 5.69 Å². The van der Waals surface area contributed by atoms with Gasteiger partial charge in [0.1, 0.15) is 0 Å². The minimum atomic E-state index is -0.743. The zero-order chi connectivity index (χ0) is 13.7. The molecule has 0 heterocycles. The quantitative estimate of drug-likeness (QED) is 0.477. The smallest absolute Gasteiger partial charge is 0.269 e. The average Bonchev–Trinajstić information content (AvgIpc) is 2.37. The topological polar surface area (TPSA) is 83.6 Å². The first-order valence-electron chi connectivity index (χ1n) is 5.66. The monoisotopic (exact) mass is 251 g/mol. The Morgan fingerprint density at radius 2 is 2.00 bits per heavy atom. The Kier molecular flexibility index (Phi) is 5.00. The van der Waals surface area contributed by atoms with Gasteiger partial charge in [0.05, 0.1) is 17.6 Å². The number of rotatable bonds is 5. The molecule has 5 heteroatoms. The van der Waals surface area contributed by atoms with Crippen LogP contribution in [-0.4, -0.2) is 21.7 Å². The van der Waals surface area contributed by atoms with Crippen LogP contribution in [0.4, 0.5) is 5.69 Å². The van der Waals surface area contributed by atoms with Gasteiger partial charge in [-0.15, -0.1) is 0 Å². The molecule has 0 aliphatic heterocycles. The Morgan fingerprint density at radius 3 is 2.44 bits per heavy atom. The first-order valence-corrected chi connectivity index (χ1v) is 5.66. The number of nitro groups is 1. The first-order chi connectivity index (χ1) is 8.45.